The highest BCUT2D eigenvalue weighted by Crippen LogP contribution is 2.53. The monoisotopic (exact) mass is 156 g/mol. The molecule has 0 aliphatic heterocycles. The normalized spacial score (nSPS) is 25.6. The lowest BCUT2D eigenvalue weighted by molar-refractivity contribution is -0.157. The van der Waals surface area contributed by atoms with E-state index in [0.29, 0.717) is 0 Å². The van der Waals surface area contributed by atoms with Gasteiger partial charge in [0.05, 0.1) is 0 Å². The first-order valence-corrected chi connectivity index (χ1v) is 3.15. The summed E-state index contributed by atoms with van der Waals surface area (Å²) in [5, 5.41) is 17.1. The maximum Gasteiger partial charge on any atom is 0.321 e. The van der Waals surface area contributed by atoms with Gasteiger partial charge in [-0.2, -0.15) is 0 Å². The first-order valence-electron chi connectivity index (χ1n) is 3.15. The van der Waals surface area contributed by atoms with E-state index in [0.717, 1.165) is 0 Å². The van der Waals surface area contributed by atoms with Crippen molar-refractivity contribution in [2.24, 2.45) is 11.3 Å². The van der Waals surface area contributed by atoms with Crippen LogP contribution in [0.15, 0.2) is 12.7 Å². The Labute approximate surface area is 63.1 Å². The fourth-order valence-corrected chi connectivity index (χ4v) is 1.16. The predicted octanol–water partition coefficient (Wildman–Crippen LogP) is 0.348. The summed E-state index contributed by atoms with van der Waals surface area (Å²) in [4.78, 5) is 20.9. The van der Waals surface area contributed by atoms with Gasteiger partial charge in [-0.25, -0.2) is 0 Å². The summed E-state index contributed by atoms with van der Waals surface area (Å²) < 4.78 is 0. The molecule has 1 aliphatic carbocycles. The van der Waals surface area contributed by atoms with Crippen LogP contribution in [0, 0.1) is 11.3 Å². The van der Waals surface area contributed by atoms with Gasteiger partial charge in [0.25, 0.3) is 0 Å². The van der Waals surface area contributed by atoms with Crippen LogP contribution in [0.1, 0.15) is 6.42 Å². The van der Waals surface area contributed by atoms with Crippen molar-refractivity contribution in [1.82, 2.24) is 0 Å². The van der Waals surface area contributed by atoms with Gasteiger partial charge in [0.2, 0.25) is 0 Å². The van der Waals surface area contributed by atoms with Gasteiger partial charge in [-0.05, 0) is 6.42 Å². The molecule has 2 N–H and O–H groups in total. The van der Waals surface area contributed by atoms with Crippen molar-refractivity contribution in [1.29, 1.82) is 0 Å². The Morgan fingerprint density at radius 2 is 1.91 bits per heavy atom. The summed E-state index contributed by atoms with van der Waals surface area (Å²) in [6.45, 7) is 3.36. The van der Waals surface area contributed by atoms with Crippen molar-refractivity contribution in [3.05, 3.63) is 12.7 Å². The minimum absolute atomic E-state index is 0.168. The molecular formula is C7H8O4. The number of hydrogen-bond donors (Lipinski definition) is 2. The number of hydrogen-bond acceptors (Lipinski definition) is 2. The summed E-state index contributed by atoms with van der Waals surface area (Å²) in [5.74, 6) is -2.94. The average Bonchev–Trinajstić information content (AvgIpc) is 2.61. The van der Waals surface area contributed by atoms with E-state index in [9.17, 15) is 9.59 Å². The smallest absolute Gasteiger partial charge is 0.321 e. The van der Waals surface area contributed by atoms with E-state index in [1.807, 2.05) is 0 Å². The summed E-state index contributed by atoms with van der Waals surface area (Å²) in [7, 11) is 0. The van der Waals surface area contributed by atoms with Crippen LogP contribution in [0.25, 0.3) is 0 Å². The molecule has 0 aromatic heterocycles. The molecule has 0 amide bonds. The second-order valence-electron chi connectivity index (χ2n) is 2.63. The third kappa shape index (κ3) is 0.824. The molecule has 0 aromatic rings. The zero-order valence-corrected chi connectivity index (χ0v) is 5.78. The Morgan fingerprint density at radius 1 is 1.45 bits per heavy atom. The number of carbonyl (C=O) groups is 2. The number of rotatable bonds is 3. The molecule has 1 saturated carbocycles. The lowest BCUT2D eigenvalue weighted by atomic mass is 10.1. The lowest BCUT2D eigenvalue weighted by Gasteiger charge is -2.02. The number of aliphatic carboxylic acids is 2. The van der Waals surface area contributed by atoms with Crippen LogP contribution in [0.3, 0.4) is 0 Å². The second-order valence-corrected chi connectivity index (χ2v) is 2.63. The molecule has 11 heavy (non-hydrogen) atoms. The molecule has 0 bridgehead atoms. The number of carboxylic acid groups (broad SMARTS) is 2. The maximum absolute atomic E-state index is 10.5. The third-order valence-electron chi connectivity index (χ3n) is 2.06. The van der Waals surface area contributed by atoms with Crippen molar-refractivity contribution in [2.75, 3.05) is 0 Å². The van der Waals surface area contributed by atoms with Crippen LogP contribution < -0.4 is 0 Å². The van der Waals surface area contributed by atoms with E-state index in [-0.39, 0.29) is 6.42 Å². The molecule has 4 heteroatoms. The molecule has 0 heterocycles. The molecule has 0 unspecified atom stereocenters. The molecule has 60 valence electrons. The zero-order valence-electron chi connectivity index (χ0n) is 5.78. The molecule has 0 aromatic carbocycles. The van der Waals surface area contributed by atoms with Crippen LogP contribution in [0.4, 0.5) is 0 Å². The van der Waals surface area contributed by atoms with Crippen LogP contribution >= 0.6 is 0 Å². The minimum atomic E-state index is -1.57. The largest absolute Gasteiger partial charge is 0.480 e. The first kappa shape index (κ1) is 7.78. The van der Waals surface area contributed by atoms with E-state index >= 15 is 0 Å². The standard InChI is InChI=1S/C7H8O4/c1-2-4-3-7(4,5(8)9)6(10)11/h2,4H,1,3H2,(H,8,9)(H,10,11)/t4-/m1/s1. The van der Waals surface area contributed by atoms with Gasteiger partial charge in [-0.1, -0.05) is 6.08 Å². The summed E-state index contributed by atoms with van der Waals surface area (Å²) >= 11 is 0. The molecule has 0 radical (unpaired) electrons. The molecule has 1 fully saturated rings. The Kier molecular flexibility index (Phi) is 1.47. The Balaban J connectivity index is 2.87. The van der Waals surface area contributed by atoms with Gasteiger partial charge < -0.3 is 10.2 Å². The van der Waals surface area contributed by atoms with Crippen molar-refractivity contribution < 1.29 is 19.8 Å². The van der Waals surface area contributed by atoms with Crippen molar-refractivity contribution >= 4 is 11.9 Å². The Bertz CT molecular complexity index is 217. The second kappa shape index (κ2) is 2.08. The fraction of sp³-hybridized carbons (Fsp3) is 0.429. The van der Waals surface area contributed by atoms with E-state index in [1.165, 1.54) is 6.08 Å². The van der Waals surface area contributed by atoms with E-state index in [4.69, 9.17) is 10.2 Å². The average molecular weight is 156 g/mol. The minimum Gasteiger partial charge on any atom is -0.480 e. The van der Waals surface area contributed by atoms with Crippen molar-refractivity contribution in [3.63, 3.8) is 0 Å². The Morgan fingerprint density at radius 3 is 2.00 bits per heavy atom. The lowest BCUT2D eigenvalue weighted by Crippen LogP contribution is -2.26. The molecular weight excluding hydrogens is 148 g/mol. The van der Waals surface area contributed by atoms with Gasteiger partial charge in [-0.15, -0.1) is 6.58 Å². The summed E-state index contributed by atoms with van der Waals surface area (Å²) in [6.07, 6.45) is 1.55. The quantitative estimate of drug-likeness (QED) is 0.456. The molecule has 1 rings (SSSR count). The molecule has 1 aliphatic rings. The van der Waals surface area contributed by atoms with Crippen molar-refractivity contribution in [3.8, 4) is 0 Å². The Hall–Kier alpha value is -1.32. The first-order chi connectivity index (χ1) is 5.05. The fourth-order valence-electron chi connectivity index (χ4n) is 1.16. The highest BCUT2D eigenvalue weighted by Gasteiger charge is 2.65. The van der Waals surface area contributed by atoms with Crippen LogP contribution in [0.2, 0.25) is 0 Å². The van der Waals surface area contributed by atoms with E-state index in [1.54, 1.807) is 0 Å². The van der Waals surface area contributed by atoms with E-state index in [2.05, 4.69) is 6.58 Å². The SMILES string of the molecule is C=C[C@@H]1CC1(C(=O)O)C(=O)O. The van der Waals surface area contributed by atoms with Crippen LogP contribution in [-0.4, -0.2) is 22.2 Å². The molecule has 0 saturated heterocycles. The van der Waals surface area contributed by atoms with Gasteiger partial charge in [0.15, 0.2) is 5.41 Å². The third-order valence-corrected chi connectivity index (χ3v) is 2.06. The topological polar surface area (TPSA) is 74.6 Å². The van der Waals surface area contributed by atoms with Crippen molar-refractivity contribution in [2.45, 2.75) is 6.42 Å². The molecule has 4 nitrogen and oxygen atoms in total. The van der Waals surface area contributed by atoms with Gasteiger partial charge in [0.1, 0.15) is 0 Å². The summed E-state index contributed by atoms with van der Waals surface area (Å²) in [5.41, 5.74) is -1.57. The summed E-state index contributed by atoms with van der Waals surface area (Å²) in [6, 6.07) is 0. The predicted molar refractivity (Wildman–Crippen MR) is 36.0 cm³/mol. The van der Waals surface area contributed by atoms with Gasteiger partial charge in [0, 0.05) is 5.92 Å². The van der Waals surface area contributed by atoms with Crippen LogP contribution in [0.5, 0.6) is 0 Å². The van der Waals surface area contributed by atoms with Gasteiger partial charge >= 0.3 is 11.9 Å². The molecule has 1 atom stereocenters. The van der Waals surface area contributed by atoms with E-state index < -0.39 is 23.3 Å². The highest BCUT2D eigenvalue weighted by molar-refractivity contribution is 6.02. The maximum atomic E-state index is 10.5. The highest BCUT2D eigenvalue weighted by atomic mass is 16.4. The zero-order chi connectivity index (χ0) is 8.65. The number of allylic oxidation sites excluding steroid dienone is 1. The molecule has 0 spiro atoms. The number of carboxylic acids is 2. The van der Waals surface area contributed by atoms with Crippen LogP contribution in [-0.2, 0) is 9.59 Å². The van der Waals surface area contributed by atoms with Gasteiger partial charge in [-0.3, -0.25) is 9.59 Å².